The highest BCUT2D eigenvalue weighted by Crippen LogP contribution is 2.36. The molecular formula is C8H13N2O2S. The standard InChI is InChI=1S/C8H13N2O2S/c1-4-6(8(10)12)5(7(9)11)2-3-13-4/h4-5H,2-3H2,1H3,(H2,9,11)(H2,10,12). The van der Waals surface area contributed by atoms with Crippen LogP contribution in [-0.4, -0.2) is 22.8 Å². The van der Waals surface area contributed by atoms with Crippen LogP contribution in [0.1, 0.15) is 13.3 Å². The largest absolute Gasteiger partial charge is 0.369 e. The molecule has 4 N–H and O–H groups in total. The van der Waals surface area contributed by atoms with E-state index in [1.165, 1.54) is 0 Å². The maximum atomic E-state index is 11.0. The SMILES string of the molecule is CC1SCCC(C(N)=O)[C]1C(N)=O. The van der Waals surface area contributed by atoms with E-state index < -0.39 is 17.7 Å². The normalized spacial score (nSPS) is 29.9. The Morgan fingerprint density at radius 3 is 2.46 bits per heavy atom. The number of hydrogen-bond donors (Lipinski definition) is 2. The van der Waals surface area contributed by atoms with E-state index in [1.807, 2.05) is 6.92 Å². The van der Waals surface area contributed by atoms with Crippen molar-refractivity contribution in [1.82, 2.24) is 0 Å². The van der Waals surface area contributed by atoms with Gasteiger partial charge in [0, 0.05) is 5.25 Å². The summed E-state index contributed by atoms with van der Waals surface area (Å²) in [5.74, 6) is -0.0621. The minimum absolute atomic E-state index is 0.0174. The lowest BCUT2D eigenvalue weighted by Crippen LogP contribution is -2.43. The highest BCUT2D eigenvalue weighted by molar-refractivity contribution is 8.00. The first kappa shape index (κ1) is 10.4. The van der Waals surface area contributed by atoms with Gasteiger partial charge in [-0.3, -0.25) is 9.59 Å². The Hall–Kier alpha value is -0.710. The number of nitrogens with two attached hydrogens (primary N) is 2. The Bertz CT molecular complexity index is 232. The van der Waals surface area contributed by atoms with Crippen LogP contribution in [0, 0.1) is 11.8 Å². The van der Waals surface area contributed by atoms with Crippen LogP contribution in [0.5, 0.6) is 0 Å². The average Bonchev–Trinajstić information content (AvgIpc) is 2.02. The quantitative estimate of drug-likeness (QED) is 0.641. The lowest BCUT2D eigenvalue weighted by Gasteiger charge is -2.31. The van der Waals surface area contributed by atoms with Crippen LogP contribution >= 0.6 is 11.8 Å². The number of primary amides is 2. The van der Waals surface area contributed by atoms with Gasteiger partial charge in [-0.1, -0.05) is 6.92 Å². The van der Waals surface area contributed by atoms with Crippen molar-refractivity contribution in [2.24, 2.45) is 17.4 Å². The average molecular weight is 201 g/mol. The molecule has 1 saturated heterocycles. The molecule has 1 radical (unpaired) electrons. The molecule has 1 aliphatic rings. The molecule has 0 aromatic carbocycles. The molecule has 2 atom stereocenters. The van der Waals surface area contributed by atoms with Crippen LogP contribution in [0.2, 0.25) is 0 Å². The summed E-state index contributed by atoms with van der Waals surface area (Å²) in [4.78, 5) is 22.0. The molecule has 1 heterocycles. The fraction of sp³-hybridized carbons (Fsp3) is 0.625. The van der Waals surface area contributed by atoms with E-state index in [2.05, 4.69) is 0 Å². The molecule has 13 heavy (non-hydrogen) atoms. The van der Waals surface area contributed by atoms with E-state index in [4.69, 9.17) is 11.5 Å². The zero-order valence-corrected chi connectivity index (χ0v) is 8.26. The van der Waals surface area contributed by atoms with Gasteiger partial charge >= 0.3 is 0 Å². The second kappa shape index (κ2) is 4.00. The number of carbonyl (C=O) groups excluding carboxylic acids is 2. The molecule has 0 bridgehead atoms. The first-order valence-corrected chi connectivity index (χ1v) is 5.16. The molecule has 4 nitrogen and oxygen atoms in total. The Morgan fingerprint density at radius 1 is 1.46 bits per heavy atom. The zero-order chi connectivity index (χ0) is 10.0. The van der Waals surface area contributed by atoms with Gasteiger partial charge in [-0.2, -0.15) is 11.8 Å². The third-order valence-corrected chi connectivity index (χ3v) is 3.44. The van der Waals surface area contributed by atoms with Crippen molar-refractivity contribution in [1.29, 1.82) is 0 Å². The summed E-state index contributed by atoms with van der Waals surface area (Å²) >= 11 is 1.63. The third kappa shape index (κ3) is 2.15. The molecule has 0 saturated carbocycles. The van der Waals surface area contributed by atoms with Crippen LogP contribution in [-0.2, 0) is 9.59 Å². The monoisotopic (exact) mass is 201 g/mol. The lowest BCUT2D eigenvalue weighted by molar-refractivity contribution is -0.125. The van der Waals surface area contributed by atoms with Crippen LogP contribution in [0.4, 0.5) is 0 Å². The number of hydrogen-bond acceptors (Lipinski definition) is 3. The number of thioether (sulfide) groups is 1. The molecule has 0 aliphatic carbocycles. The van der Waals surface area contributed by atoms with Crippen molar-refractivity contribution in [2.75, 3.05) is 5.75 Å². The minimum Gasteiger partial charge on any atom is -0.369 e. The molecule has 2 unspecified atom stereocenters. The van der Waals surface area contributed by atoms with E-state index in [0.29, 0.717) is 12.3 Å². The van der Waals surface area contributed by atoms with Crippen LogP contribution < -0.4 is 11.5 Å². The summed E-state index contributed by atoms with van der Waals surface area (Å²) in [5.41, 5.74) is 10.4. The summed E-state index contributed by atoms with van der Waals surface area (Å²) in [7, 11) is 0. The van der Waals surface area contributed by atoms with E-state index in [-0.39, 0.29) is 5.25 Å². The molecule has 0 aromatic heterocycles. The van der Waals surface area contributed by atoms with Crippen LogP contribution in [0.25, 0.3) is 0 Å². The molecular weight excluding hydrogens is 188 g/mol. The van der Waals surface area contributed by atoms with Crippen molar-refractivity contribution >= 4 is 23.6 Å². The highest BCUT2D eigenvalue weighted by atomic mass is 32.2. The Kier molecular flexibility index (Phi) is 3.19. The maximum absolute atomic E-state index is 11.0. The van der Waals surface area contributed by atoms with Gasteiger partial charge in [0.15, 0.2) is 0 Å². The lowest BCUT2D eigenvalue weighted by atomic mass is 9.86. The topological polar surface area (TPSA) is 86.2 Å². The fourth-order valence-corrected chi connectivity index (χ4v) is 2.74. The Labute approximate surface area is 81.4 Å². The number of rotatable bonds is 2. The molecule has 5 heteroatoms. The van der Waals surface area contributed by atoms with Crippen molar-refractivity contribution in [3.05, 3.63) is 5.92 Å². The van der Waals surface area contributed by atoms with Gasteiger partial charge in [-0.25, -0.2) is 0 Å². The van der Waals surface area contributed by atoms with Crippen LogP contribution in [0.3, 0.4) is 0 Å². The highest BCUT2D eigenvalue weighted by Gasteiger charge is 2.39. The maximum Gasteiger partial charge on any atom is 0.226 e. The second-order valence-electron chi connectivity index (χ2n) is 3.08. The van der Waals surface area contributed by atoms with Gasteiger partial charge in [0.1, 0.15) is 0 Å². The first-order valence-electron chi connectivity index (χ1n) is 4.11. The van der Waals surface area contributed by atoms with Gasteiger partial charge in [0.25, 0.3) is 0 Å². The molecule has 1 rings (SSSR count). The molecule has 2 amide bonds. The van der Waals surface area contributed by atoms with Gasteiger partial charge in [0.05, 0.1) is 11.8 Å². The number of amides is 2. The second-order valence-corrected chi connectivity index (χ2v) is 4.52. The fourth-order valence-electron chi connectivity index (χ4n) is 1.56. The predicted molar refractivity (Wildman–Crippen MR) is 51.7 cm³/mol. The van der Waals surface area contributed by atoms with Gasteiger partial charge in [0.2, 0.25) is 11.8 Å². The molecule has 73 valence electrons. The minimum atomic E-state index is -0.497. The predicted octanol–water partition coefficient (Wildman–Crippen LogP) is -0.327. The van der Waals surface area contributed by atoms with Crippen LogP contribution in [0.15, 0.2) is 0 Å². The Balaban J connectivity index is 2.80. The van der Waals surface area contributed by atoms with Crippen molar-refractivity contribution in [3.63, 3.8) is 0 Å². The van der Waals surface area contributed by atoms with Crippen molar-refractivity contribution in [3.8, 4) is 0 Å². The summed E-state index contributed by atoms with van der Waals surface area (Å²) < 4.78 is 0. The summed E-state index contributed by atoms with van der Waals surface area (Å²) in [5, 5.41) is 0.0174. The summed E-state index contributed by atoms with van der Waals surface area (Å²) in [6.07, 6.45) is 0.628. The molecule has 1 aliphatic heterocycles. The van der Waals surface area contributed by atoms with Crippen molar-refractivity contribution < 1.29 is 9.59 Å². The van der Waals surface area contributed by atoms with Gasteiger partial charge in [-0.15, -0.1) is 0 Å². The molecule has 0 aromatic rings. The molecule has 1 fully saturated rings. The number of carbonyl (C=O) groups is 2. The molecule has 0 spiro atoms. The van der Waals surface area contributed by atoms with E-state index >= 15 is 0 Å². The Morgan fingerprint density at radius 2 is 2.08 bits per heavy atom. The smallest absolute Gasteiger partial charge is 0.226 e. The van der Waals surface area contributed by atoms with E-state index in [9.17, 15) is 9.59 Å². The summed E-state index contributed by atoms with van der Waals surface area (Å²) in [6, 6.07) is 0. The third-order valence-electron chi connectivity index (χ3n) is 2.22. The van der Waals surface area contributed by atoms with Gasteiger partial charge < -0.3 is 11.5 Å². The van der Waals surface area contributed by atoms with Crippen molar-refractivity contribution in [2.45, 2.75) is 18.6 Å². The first-order chi connectivity index (χ1) is 6.04. The van der Waals surface area contributed by atoms with Gasteiger partial charge in [-0.05, 0) is 12.2 Å². The van der Waals surface area contributed by atoms with E-state index in [1.54, 1.807) is 11.8 Å². The van der Waals surface area contributed by atoms with E-state index in [0.717, 1.165) is 5.75 Å². The summed E-state index contributed by atoms with van der Waals surface area (Å²) in [6.45, 7) is 1.87. The zero-order valence-electron chi connectivity index (χ0n) is 7.45.